The maximum absolute atomic E-state index is 7.79. The molecule has 0 spiro atoms. The molecule has 28 heavy (non-hydrogen) atoms. The van der Waals surface area contributed by atoms with Gasteiger partial charge in [-0.1, -0.05) is 136 Å². The smallest absolute Gasteiger partial charge is 0.249 e. The number of hydrogen-bond donors (Lipinski definition) is 1. The van der Waals surface area contributed by atoms with E-state index in [1.165, 1.54) is 0 Å². The lowest BCUT2D eigenvalue weighted by Crippen LogP contribution is -2.18. The van der Waals surface area contributed by atoms with Crippen LogP contribution in [-0.4, -0.2) is 25.5 Å². The van der Waals surface area contributed by atoms with Gasteiger partial charge in [0.1, 0.15) is 0 Å². The topological polar surface area (TPSA) is 48.6 Å². The van der Waals surface area contributed by atoms with E-state index in [1.807, 2.05) is 54.6 Å². The van der Waals surface area contributed by atoms with Crippen molar-refractivity contribution in [1.82, 2.24) is 0 Å². The first-order valence-corrected chi connectivity index (χ1v) is 10.0. The molecular weight excluding hydrogens is 483 g/mol. The van der Waals surface area contributed by atoms with Gasteiger partial charge < -0.3 is 0 Å². The molecule has 0 saturated heterocycles. The van der Waals surface area contributed by atoms with E-state index in [4.69, 9.17) is 75.0 Å². The molecule has 3 nitrogen and oxygen atoms in total. The quantitative estimate of drug-likeness (QED) is 0.200. The first-order chi connectivity index (χ1) is 13.0. The maximum Gasteiger partial charge on any atom is 0.249 e. The molecule has 0 unspecified atom stereocenters. The number of rotatable bonds is 3. The molecule has 2 aromatic rings. The zero-order valence-corrected chi connectivity index (χ0v) is 18.6. The summed E-state index contributed by atoms with van der Waals surface area (Å²) in [6.07, 6.45) is 5.01. The number of nitrogens with zero attached hydrogens (tertiary/aromatic N) is 2. The Labute approximate surface area is 193 Å². The highest BCUT2D eigenvalue weighted by atomic mass is 35.6. The van der Waals surface area contributed by atoms with Crippen molar-refractivity contribution in [3.8, 4) is 0 Å². The van der Waals surface area contributed by atoms with E-state index in [1.54, 1.807) is 12.1 Å². The van der Waals surface area contributed by atoms with Crippen LogP contribution in [0.5, 0.6) is 0 Å². The summed E-state index contributed by atoms with van der Waals surface area (Å²) in [6.45, 7) is 0. The van der Waals surface area contributed by atoms with Crippen molar-refractivity contribution in [2.24, 2.45) is 9.98 Å². The van der Waals surface area contributed by atoms with Crippen LogP contribution in [0.2, 0.25) is 0 Å². The van der Waals surface area contributed by atoms with Crippen LogP contribution in [0, 0.1) is 5.41 Å². The van der Waals surface area contributed by atoms with Crippen molar-refractivity contribution >= 4 is 99.6 Å². The Hall–Kier alpha value is -1.07. The van der Waals surface area contributed by atoms with Gasteiger partial charge in [-0.15, -0.1) is 0 Å². The molecule has 0 atom stereocenters. The first kappa shape index (κ1) is 23.2. The summed E-state index contributed by atoms with van der Waals surface area (Å²) >= 11 is 34.2. The Morgan fingerprint density at radius 3 is 1.82 bits per heavy atom. The summed E-state index contributed by atoms with van der Waals surface area (Å²) in [5, 5.41) is 7.79. The number of alkyl halides is 6. The second-order valence-corrected chi connectivity index (χ2v) is 10.1. The minimum Gasteiger partial charge on any atom is -0.283 e. The Morgan fingerprint density at radius 1 is 0.786 bits per heavy atom. The lowest BCUT2D eigenvalue weighted by molar-refractivity contribution is 1.32. The van der Waals surface area contributed by atoms with Crippen LogP contribution in [0.15, 0.2) is 64.6 Å². The Morgan fingerprint density at radius 2 is 1.32 bits per heavy atom. The predicted molar refractivity (Wildman–Crippen MR) is 125 cm³/mol. The van der Waals surface area contributed by atoms with E-state index in [2.05, 4.69) is 9.98 Å². The largest absolute Gasteiger partial charge is 0.283 e. The molecule has 2 rings (SSSR count). The highest BCUT2D eigenvalue weighted by Crippen LogP contribution is 2.28. The van der Waals surface area contributed by atoms with Gasteiger partial charge in [-0.2, -0.15) is 0 Å². The SMILES string of the molecule is N=C(/N=C(\N=C\C(Cl)(Cl)Cl)c1ccc(C=Cc2ccccc2)cc1)C(Cl)(Cl)Cl. The second-order valence-electron chi connectivity index (χ2n) is 5.45. The lowest BCUT2D eigenvalue weighted by Gasteiger charge is -2.10. The molecule has 0 aliphatic heterocycles. The van der Waals surface area contributed by atoms with Crippen molar-refractivity contribution in [1.29, 1.82) is 5.41 Å². The van der Waals surface area contributed by atoms with Crippen LogP contribution in [0.1, 0.15) is 16.7 Å². The van der Waals surface area contributed by atoms with Gasteiger partial charge in [0.2, 0.25) is 7.59 Å². The van der Waals surface area contributed by atoms with E-state index >= 15 is 0 Å². The van der Waals surface area contributed by atoms with Crippen LogP contribution < -0.4 is 0 Å². The summed E-state index contributed by atoms with van der Waals surface area (Å²) < 4.78 is -3.74. The molecule has 0 bridgehead atoms. The average Bonchev–Trinajstić information content (AvgIpc) is 2.63. The second kappa shape index (κ2) is 10.1. The molecule has 0 aliphatic carbocycles. The Bertz CT molecular complexity index is 892. The molecule has 0 fully saturated rings. The predicted octanol–water partition coefficient (Wildman–Crippen LogP) is 7.39. The summed E-state index contributed by atoms with van der Waals surface area (Å²) in [6, 6.07) is 17.1. The molecule has 146 valence electrons. The third-order valence-corrected chi connectivity index (χ3v) is 4.09. The summed E-state index contributed by atoms with van der Waals surface area (Å²) in [5.41, 5.74) is 2.59. The van der Waals surface area contributed by atoms with E-state index < -0.39 is 13.4 Å². The summed E-state index contributed by atoms with van der Waals surface area (Å²) in [4.78, 5) is 7.99. The fourth-order valence-electron chi connectivity index (χ4n) is 1.97. The number of nitrogens with one attached hydrogen (secondary N) is 1. The first-order valence-electron chi connectivity index (χ1n) is 7.74. The van der Waals surface area contributed by atoms with Gasteiger partial charge in [-0.25, -0.2) is 9.98 Å². The van der Waals surface area contributed by atoms with E-state index in [9.17, 15) is 0 Å². The van der Waals surface area contributed by atoms with Gasteiger partial charge in [-0.05, 0) is 11.1 Å². The lowest BCUT2D eigenvalue weighted by atomic mass is 10.1. The van der Waals surface area contributed by atoms with Crippen LogP contribution in [0.25, 0.3) is 12.2 Å². The number of hydrogen-bond acceptors (Lipinski definition) is 1. The number of amidine groups is 2. The minimum absolute atomic E-state index is 0.0706. The molecule has 9 heteroatoms. The molecule has 0 aromatic heterocycles. The van der Waals surface area contributed by atoms with E-state index in [0.717, 1.165) is 17.3 Å². The third kappa shape index (κ3) is 8.12. The van der Waals surface area contributed by atoms with E-state index in [0.29, 0.717) is 5.56 Å². The van der Waals surface area contributed by atoms with Gasteiger partial charge in [0.05, 0.1) is 6.21 Å². The molecule has 0 heterocycles. The van der Waals surface area contributed by atoms with Crippen molar-refractivity contribution < 1.29 is 0 Å². The molecule has 0 aliphatic rings. The van der Waals surface area contributed by atoms with Gasteiger partial charge in [-0.3, -0.25) is 5.41 Å². The highest BCUT2D eigenvalue weighted by Gasteiger charge is 2.27. The third-order valence-electron chi connectivity index (χ3n) is 3.26. The molecule has 2 aromatic carbocycles. The summed E-state index contributed by atoms with van der Waals surface area (Å²) in [5.74, 6) is -0.441. The number of benzene rings is 2. The molecule has 1 N–H and O–H groups in total. The zero-order valence-electron chi connectivity index (χ0n) is 14.1. The van der Waals surface area contributed by atoms with Gasteiger partial charge in [0.15, 0.2) is 11.7 Å². The highest BCUT2D eigenvalue weighted by molar-refractivity contribution is 6.77. The van der Waals surface area contributed by atoms with Crippen LogP contribution >= 0.6 is 69.6 Å². The van der Waals surface area contributed by atoms with Crippen molar-refractivity contribution in [2.75, 3.05) is 0 Å². The van der Waals surface area contributed by atoms with Crippen molar-refractivity contribution in [2.45, 2.75) is 7.59 Å². The van der Waals surface area contributed by atoms with Crippen molar-refractivity contribution in [3.05, 3.63) is 71.3 Å². The number of aliphatic imine (C=N–C) groups is 2. The average molecular weight is 496 g/mol. The molecule has 0 amide bonds. The zero-order chi connectivity index (χ0) is 20.8. The number of halogens is 6. The fourth-order valence-corrected chi connectivity index (χ4v) is 2.24. The van der Waals surface area contributed by atoms with Gasteiger partial charge >= 0.3 is 0 Å². The van der Waals surface area contributed by atoms with Crippen molar-refractivity contribution in [3.63, 3.8) is 0 Å². The molecule has 0 radical (unpaired) electrons. The molecule has 0 saturated carbocycles. The van der Waals surface area contributed by atoms with Gasteiger partial charge in [0, 0.05) is 5.56 Å². The summed E-state index contributed by atoms with van der Waals surface area (Å²) in [7, 11) is 0. The van der Waals surface area contributed by atoms with Crippen LogP contribution in [0.4, 0.5) is 0 Å². The Kier molecular flexibility index (Phi) is 8.38. The maximum atomic E-state index is 7.79. The van der Waals surface area contributed by atoms with Crippen LogP contribution in [0.3, 0.4) is 0 Å². The van der Waals surface area contributed by atoms with Crippen LogP contribution in [-0.2, 0) is 0 Å². The normalized spacial score (nSPS) is 13.4. The van der Waals surface area contributed by atoms with Gasteiger partial charge in [0.25, 0.3) is 0 Å². The minimum atomic E-state index is -2.00. The standard InChI is InChI=1S/C19H13Cl6N3/c20-18(21,22)12-27-16(28-17(26)19(23,24)25)15-10-8-14(9-11-15)7-6-13-4-2-1-3-5-13/h1-12,26H/b7-6?,26-17?,27-12+,28-16-. The molecular formula is C19H13Cl6N3. The fraction of sp³-hybridized carbons (Fsp3) is 0.105. The van der Waals surface area contributed by atoms with E-state index in [-0.39, 0.29) is 5.84 Å². The Balaban J connectivity index is 2.30. The monoisotopic (exact) mass is 493 g/mol.